The summed E-state index contributed by atoms with van der Waals surface area (Å²) in [6.07, 6.45) is 0. The van der Waals surface area contributed by atoms with Gasteiger partial charge in [0.25, 0.3) is 0 Å². The Kier molecular flexibility index (Phi) is 4.55. The summed E-state index contributed by atoms with van der Waals surface area (Å²) < 4.78 is 26.8. The smallest absolute Gasteiger partial charge is 0.242 e. The summed E-state index contributed by atoms with van der Waals surface area (Å²) in [5, 5.41) is 2.64. The van der Waals surface area contributed by atoms with Gasteiger partial charge in [-0.25, -0.2) is 18.1 Å². The Bertz CT molecular complexity index is 744. The number of hydrogen-bond donors (Lipinski definition) is 2. The third-order valence-electron chi connectivity index (χ3n) is 2.46. The minimum Gasteiger partial charge on any atom is -0.396 e. The average Bonchev–Trinajstić information content (AvgIpc) is 2.79. The van der Waals surface area contributed by atoms with Crippen LogP contribution in [0.25, 0.3) is 0 Å². The fourth-order valence-corrected chi connectivity index (χ4v) is 4.03. The van der Waals surface area contributed by atoms with Crippen LogP contribution in [-0.4, -0.2) is 13.4 Å². The van der Waals surface area contributed by atoms with E-state index in [9.17, 15) is 8.42 Å². The van der Waals surface area contributed by atoms with Gasteiger partial charge in [-0.3, -0.25) is 0 Å². The number of aryl methyl sites for hydroxylation is 1. The predicted octanol–water partition coefficient (Wildman–Crippen LogP) is 2.82. The van der Waals surface area contributed by atoms with Gasteiger partial charge in [0, 0.05) is 11.1 Å². The van der Waals surface area contributed by atoms with E-state index in [0.29, 0.717) is 5.01 Å². The van der Waals surface area contributed by atoms with Crippen molar-refractivity contribution in [2.75, 3.05) is 5.73 Å². The van der Waals surface area contributed by atoms with E-state index in [-0.39, 0.29) is 27.2 Å². The Morgan fingerprint density at radius 2 is 2.10 bits per heavy atom. The lowest BCUT2D eigenvalue weighted by molar-refractivity contribution is 0.581. The van der Waals surface area contributed by atoms with Crippen LogP contribution in [0.5, 0.6) is 0 Å². The predicted molar refractivity (Wildman–Crippen MR) is 81.8 cm³/mol. The fraction of sp³-hybridized carbons (Fsp3) is 0.182. The zero-order valence-corrected chi connectivity index (χ0v) is 13.5. The van der Waals surface area contributed by atoms with Crippen molar-refractivity contribution >= 4 is 50.2 Å². The first-order chi connectivity index (χ1) is 9.31. The number of halogens is 2. The zero-order chi connectivity index (χ0) is 14.9. The number of rotatable bonds is 4. The molecule has 0 spiro atoms. The highest BCUT2D eigenvalue weighted by molar-refractivity contribution is 7.89. The first kappa shape index (κ1) is 15.5. The summed E-state index contributed by atoms with van der Waals surface area (Å²) in [5.41, 5.74) is 6.51. The van der Waals surface area contributed by atoms with Gasteiger partial charge >= 0.3 is 0 Å². The molecule has 2 aromatic rings. The second-order valence-corrected chi connectivity index (χ2v) is 7.44. The Morgan fingerprint density at radius 3 is 2.70 bits per heavy atom. The van der Waals surface area contributed by atoms with Crippen molar-refractivity contribution in [2.24, 2.45) is 0 Å². The number of thiazole rings is 1. The van der Waals surface area contributed by atoms with E-state index in [2.05, 4.69) is 9.71 Å². The van der Waals surface area contributed by atoms with E-state index in [1.54, 1.807) is 0 Å². The number of nitrogens with one attached hydrogen (secondary N) is 1. The molecule has 108 valence electrons. The molecule has 0 atom stereocenters. The molecule has 1 heterocycles. The van der Waals surface area contributed by atoms with Crippen molar-refractivity contribution in [1.82, 2.24) is 9.71 Å². The van der Waals surface area contributed by atoms with Gasteiger partial charge in [0.2, 0.25) is 10.0 Å². The third-order valence-corrected chi connectivity index (χ3v) is 5.72. The van der Waals surface area contributed by atoms with E-state index < -0.39 is 10.0 Å². The molecular formula is C11H11Cl2N3O2S2. The lowest BCUT2D eigenvalue weighted by Crippen LogP contribution is -2.23. The van der Waals surface area contributed by atoms with E-state index in [1.807, 2.05) is 12.3 Å². The van der Waals surface area contributed by atoms with Crippen LogP contribution in [0.3, 0.4) is 0 Å². The van der Waals surface area contributed by atoms with Gasteiger partial charge in [-0.15, -0.1) is 11.3 Å². The van der Waals surface area contributed by atoms with Gasteiger partial charge in [0.05, 0.1) is 22.3 Å². The highest BCUT2D eigenvalue weighted by atomic mass is 35.5. The molecular weight excluding hydrogens is 341 g/mol. The van der Waals surface area contributed by atoms with Gasteiger partial charge in [0.1, 0.15) is 9.90 Å². The molecule has 0 aliphatic heterocycles. The number of nitrogens with two attached hydrogens (primary N) is 1. The van der Waals surface area contributed by atoms with Gasteiger partial charge in [-0.1, -0.05) is 23.2 Å². The van der Waals surface area contributed by atoms with Crippen LogP contribution < -0.4 is 10.5 Å². The van der Waals surface area contributed by atoms with Crippen LogP contribution in [0, 0.1) is 6.92 Å². The topological polar surface area (TPSA) is 85.1 Å². The first-order valence-corrected chi connectivity index (χ1v) is 8.57. The molecule has 20 heavy (non-hydrogen) atoms. The zero-order valence-electron chi connectivity index (χ0n) is 10.4. The molecule has 0 bridgehead atoms. The fourth-order valence-electron chi connectivity index (χ4n) is 1.48. The normalized spacial score (nSPS) is 11.8. The standard InChI is InChI=1S/C11H11Cl2N3O2S2/c1-6-5-19-9(16-6)4-15-20(17,18)8-3-2-7(12)11(14)10(8)13/h2-3,5,15H,4,14H2,1H3. The molecule has 0 amide bonds. The molecule has 9 heteroatoms. The van der Waals surface area contributed by atoms with E-state index >= 15 is 0 Å². The molecule has 0 aliphatic rings. The van der Waals surface area contributed by atoms with Crippen LogP contribution in [0.1, 0.15) is 10.7 Å². The minimum absolute atomic E-state index is 0.0429. The maximum atomic E-state index is 12.2. The Morgan fingerprint density at radius 1 is 1.40 bits per heavy atom. The monoisotopic (exact) mass is 351 g/mol. The number of aromatic nitrogens is 1. The number of sulfonamides is 1. The second-order valence-electron chi connectivity index (χ2n) is 3.98. The van der Waals surface area contributed by atoms with Crippen molar-refractivity contribution in [3.8, 4) is 0 Å². The molecule has 2 rings (SSSR count). The van der Waals surface area contributed by atoms with Crippen LogP contribution >= 0.6 is 34.5 Å². The van der Waals surface area contributed by atoms with E-state index in [1.165, 1.54) is 23.5 Å². The number of benzene rings is 1. The van der Waals surface area contributed by atoms with Crippen molar-refractivity contribution in [2.45, 2.75) is 18.4 Å². The van der Waals surface area contributed by atoms with Crippen molar-refractivity contribution in [3.05, 3.63) is 38.3 Å². The first-order valence-electron chi connectivity index (χ1n) is 5.45. The molecule has 3 N–H and O–H groups in total. The van der Waals surface area contributed by atoms with Crippen LogP contribution in [0.2, 0.25) is 10.0 Å². The lowest BCUT2D eigenvalue weighted by atomic mass is 10.3. The average molecular weight is 352 g/mol. The van der Waals surface area contributed by atoms with Gasteiger partial charge < -0.3 is 5.73 Å². The maximum absolute atomic E-state index is 12.2. The van der Waals surface area contributed by atoms with Crippen LogP contribution in [-0.2, 0) is 16.6 Å². The molecule has 0 saturated carbocycles. The summed E-state index contributed by atoms with van der Waals surface area (Å²) in [4.78, 5) is 4.07. The lowest BCUT2D eigenvalue weighted by Gasteiger charge is -2.09. The number of anilines is 1. The highest BCUT2D eigenvalue weighted by Gasteiger charge is 2.20. The molecule has 1 aromatic carbocycles. The van der Waals surface area contributed by atoms with Crippen molar-refractivity contribution in [1.29, 1.82) is 0 Å². The molecule has 1 aromatic heterocycles. The summed E-state index contributed by atoms with van der Waals surface area (Å²) >= 11 is 13.1. The maximum Gasteiger partial charge on any atom is 0.242 e. The molecule has 5 nitrogen and oxygen atoms in total. The third kappa shape index (κ3) is 3.24. The van der Waals surface area contributed by atoms with E-state index in [0.717, 1.165) is 5.69 Å². The summed E-state index contributed by atoms with van der Waals surface area (Å²) in [6.45, 7) is 1.94. The van der Waals surface area contributed by atoms with Gasteiger partial charge in [0.15, 0.2) is 0 Å². The van der Waals surface area contributed by atoms with Gasteiger partial charge in [-0.2, -0.15) is 0 Å². The SMILES string of the molecule is Cc1csc(CNS(=O)(=O)c2ccc(Cl)c(N)c2Cl)n1. The molecule has 0 saturated heterocycles. The Hall–Kier alpha value is -0.860. The molecule has 0 fully saturated rings. The summed E-state index contributed by atoms with van der Waals surface area (Å²) in [7, 11) is -3.77. The number of hydrogen-bond acceptors (Lipinski definition) is 5. The second kappa shape index (κ2) is 5.87. The number of nitrogens with zero attached hydrogens (tertiary/aromatic N) is 1. The highest BCUT2D eigenvalue weighted by Crippen LogP contribution is 2.33. The quantitative estimate of drug-likeness (QED) is 0.829. The summed E-state index contributed by atoms with van der Waals surface area (Å²) in [6, 6.07) is 2.71. The Labute approximate surface area is 130 Å². The van der Waals surface area contributed by atoms with Crippen LogP contribution in [0.15, 0.2) is 22.4 Å². The van der Waals surface area contributed by atoms with Crippen molar-refractivity contribution in [3.63, 3.8) is 0 Å². The summed E-state index contributed by atoms with van der Waals surface area (Å²) in [5.74, 6) is 0. The van der Waals surface area contributed by atoms with Crippen molar-refractivity contribution < 1.29 is 8.42 Å². The Balaban J connectivity index is 2.25. The minimum atomic E-state index is -3.77. The molecule has 0 radical (unpaired) electrons. The van der Waals surface area contributed by atoms with Gasteiger partial charge in [-0.05, 0) is 19.1 Å². The molecule has 0 unspecified atom stereocenters. The van der Waals surface area contributed by atoms with Crippen LogP contribution in [0.4, 0.5) is 5.69 Å². The largest absolute Gasteiger partial charge is 0.396 e. The number of nitrogen functional groups attached to an aromatic ring is 1. The molecule has 0 aliphatic carbocycles. The van der Waals surface area contributed by atoms with E-state index in [4.69, 9.17) is 28.9 Å².